The Morgan fingerprint density at radius 2 is 0.750 bits per heavy atom. The van der Waals surface area contributed by atoms with E-state index in [4.69, 9.17) is 18.9 Å². The summed E-state index contributed by atoms with van der Waals surface area (Å²) >= 11 is 0. The molecule has 0 bridgehead atoms. The number of amides is 5. The van der Waals surface area contributed by atoms with Crippen molar-refractivity contribution in [3.63, 3.8) is 0 Å². The highest BCUT2D eigenvalue weighted by Gasteiger charge is 2.44. The smallest absolute Gasteiger partial charge is 0.320 e. The number of rotatable bonds is 29. The predicted molar refractivity (Wildman–Crippen MR) is 384 cm³/mol. The van der Waals surface area contributed by atoms with Crippen molar-refractivity contribution in [2.24, 2.45) is 0 Å². The van der Waals surface area contributed by atoms with E-state index in [-0.39, 0.29) is 155 Å². The van der Waals surface area contributed by atoms with Gasteiger partial charge in [0.2, 0.25) is 5.91 Å². The summed E-state index contributed by atoms with van der Waals surface area (Å²) in [6.07, 6.45) is -0.734. The molecule has 0 unspecified atom stereocenters. The zero-order valence-corrected chi connectivity index (χ0v) is 60.2. The second-order valence-electron chi connectivity index (χ2n) is 25.8. The van der Waals surface area contributed by atoms with Crippen LogP contribution in [0.25, 0.3) is 43.1 Å². The number of ether oxygens (including phenoxy) is 4. The van der Waals surface area contributed by atoms with Gasteiger partial charge >= 0.3 is 17.9 Å². The number of para-hydroxylation sites is 1. The SMILES string of the molecule is CC(C)c1cccc(C(C)C)c1N1C(=O)c2cc(Oc3ccc(S(=O)(=O)O)cc3)c3c4c(Oc5ccc(S(=O)(=O)O)cc5)cc5c6c(cc(Oc7ccc(S(=O)(=O)O)cc7)c(c7c(Oc8ccc(S(=O)(=O)O)cc8)cc(c2c37)C1=O)c64)C(=O)N(CCC(=O)NCCCC[C@@H](C(=O)O)N(CC(=O)O)CC(=O)O)C5=O. The van der Waals surface area contributed by atoms with Gasteiger partial charge < -0.3 is 39.6 Å². The van der Waals surface area contributed by atoms with E-state index in [1.165, 1.54) is 24.3 Å². The van der Waals surface area contributed by atoms with Crippen molar-refractivity contribution in [1.82, 2.24) is 15.1 Å². The number of aliphatic carboxylic acids is 3. The number of benzene rings is 10. The third-order valence-electron chi connectivity index (χ3n) is 18.1. The van der Waals surface area contributed by atoms with Gasteiger partial charge in [-0.05, 0) is 164 Å². The number of fused-ring (bicyclic) bond motifs is 2. The number of unbranched alkanes of at least 4 members (excludes halogenated alkanes) is 1. The lowest BCUT2D eigenvalue weighted by atomic mass is 9.80. The maximum Gasteiger partial charge on any atom is 0.320 e. The lowest BCUT2D eigenvalue weighted by Crippen LogP contribution is -2.46. The summed E-state index contributed by atoms with van der Waals surface area (Å²) in [6.45, 7) is 4.78. The van der Waals surface area contributed by atoms with Crippen LogP contribution >= 0.6 is 0 Å². The molecule has 12 rings (SSSR count). The van der Waals surface area contributed by atoms with Gasteiger partial charge in [0.05, 0.1) is 60.6 Å². The van der Waals surface area contributed by atoms with Crippen LogP contribution in [0.15, 0.2) is 159 Å². The van der Waals surface area contributed by atoms with E-state index in [9.17, 15) is 86.4 Å². The fourth-order valence-electron chi connectivity index (χ4n) is 13.4. The maximum absolute atomic E-state index is 16.2. The van der Waals surface area contributed by atoms with Crippen LogP contribution in [0.2, 0.25) is 0 Å². The molecule has 0 aliphatic carbocycles. The van der Waals surface area contributed by atoms with Crippen LogP contribution in [0.1, 0.15) is 118 Å². The predicted octanol–water partition coefficient (Wildman–Crippen LogP) is 11.1. The Kier molecular flexibility index (Phi) is 20.4. The standard InChI is InChI=1S/C73H62N4O27S4/c1-36(2)46-8-7-9-47(37(3)4)68(46)77-71(85)50-32-55(103-40-15-23-44(24-16-40)107(95,96)97)64-62-53(101-38-11-19-42(20-12-38)105(89,90)91)30-48-60-49(70(84)76(69(48)83)29-27-57(78)74-28-6-5-10-52(73(87)88)75(34-58(79)80)35-59(81)82)31-54(102-39-13-21-43(22-14-39)106(92,93)94)63(66(60)62)65-56(33-51(72(77)86)61(50)67(64)65)104-41-17-25-45(26-18-41)108(98,99)100/h7-9,11-26,30-33,36-37,52H,5-6,10,27-29,34-35H2,1-4H3,(H,74,78)(H,79,80)(H,81,82)(H,87,88)(H,89,90,91)(H,92,93,94)(H,95,96,97)(H,98,99,100)/t52-/m0/s1. The molecule has 0 radical (unpaired) electrons. The molecule has 560 valence electrons. The lowest BCUT2D eigenvalue weighted by Gasteiger charge is -2.34. The fourth-order valence-corrected chi connectivity index (χ4v) is 15.3. The number of carbonyl (C=O) groups is 8. The molecule has 31 nitrogen and oxygen atoms in total. The van der Waals surface area contributed by atoms with Gasteiger partial charge in [0, 0.05) is 62.6 Å². The van der Waals surface area contributed by atoms with E-state index in [2.05, 4.69) is 5.32 Å². The minimum atomic E-state index is -4.87. The summed E-state index contributed by atoms with van der Waals surface area (Å²) in [6, 6.07) is 25.5. The van der Waals surface area contributed by atoms with Gasteiger partial charge in [-0.3, -0.25) is 66.4 Å². The molecule has 2 aliphatic heterocycles. The van der Waals surface area contributed by atoms with Gasteiger partial charge in [0.1, 0.15) is 52.0 Å². The Morgan fingerprint density at radius 3 is 1.04 bits per heavy atom. The van der Waals surface area contributed by atoms with Gasteiger partial charge in [-0.2, -0.15) is 33.7 Å². The molecule has 8 N–H and O–H groups in total. The van der Waals surface area contributed by atoms with Crippen molar-refractivity contribution in [2.75, 3.05) is 31.1 Å². The Balaban J connectivity index is 1.15. The first-order valence-corrected chi connectivity index (χ1v) is 38.5. The summed E-state index contributed by atoms with van der Waals surface area (Å²) < 4.78 is 168. The highest BCUT2D eigenvalue weighted by Crippen LogP contribution is 2.58. The Bertz CT molecular complexity index is 5630. The molecule has 0 saturated heterocycles. The quantitative estimate of drug-likeness (QED) is 0.00709. The van der Waals surface area contributed by atoms with Crippen molar-refractivity contribution >= 4 is 137 Å². The first-order chi connectivity index (χ1) is 50.8. The van der Waals surface area contributed by atoms with Crippen molar-refractivity contribution in [3.05, 3.63) is 173 Å². The minimum absolute atomic E-state index is 0.0311. The van der Waals surface area contributed by atoms with Crippen LogP contribution < -0.4 is 29.2 Å². The molecule has 1 atom stereocenters. The van der Waals surface area contributed by atoms with Crippen LogP contribution in [0, 0.1) is 0 Å². The highest BCUT2D eigenvalue weighted by molar-refractivity contribution is 7.86. The van der Waals surface area contributed by atoms with Gasteiger partial charge in [-0.1, -0.05) is 45.9 Å². The summed E-state index contributed by atoms with van der Waals surface area (Å²) in [5.41, 5.74) is 0.109. The minimum Gasteiger partial charge on any atom is -0.480 e. The zero-order chi connectivity index (χ0) is 78.1. The highest BCUT2D eigenvalue weighted by atomic mass is 32.2. The van der Waals surface area contributed by atoms with Gasteiger partial charge in [-0.15, -0.1) is 0 Å². The van der Waals surface area contributed by atoms with E-state index in [0.717, 1.165) is 107 Å². The van der Waals surface area contributed by atoms with E-state index in [0.29, 0.717) is 16.0 Å². The van der Waals surface area contributed by atoms with Gasteiger partial charge in [-0.25, -0.2) is 4.90 Å². The van der Waals surface area contributed by atoms with E-state index in [1.807, 2.05) is 27.7 Å². The number of anilines is 1. The van der Waals surface area contributed by atoms with E-state index in [1.54, 1.807) is 18.2 Å². The van der Waals surface area contributed by atoms with Gasteiger partial charge in [0.15, 0.2) is 0 Å². The molecule has 5 amide bonds. The fraction of sp³-hybridized carbons (Fsp3) is 0.205. The average Bonchev–Trinajstić information content (AvgIpc) is 0.671. The van der Waals surface area contributed by atoms with Crippen molar-refractivity contribution < 1.29 is 125 Å². The average molecular weight is 1560 g/mol. The topological polar surface area (TPSA) is 473 Å². The Morgan fingerprint density at radius 1 is 0.435 bits per heavy atom. The molecule has 0 saturated carbocycles. The van der Waals surface area contributed by atoms with Gasteiger partial charge in [0.25, 0.3) is 64.1 Å². The number of carboxylic acids is 3. The second kappa shape index (κ2) is 29.0. The number of carbonyl (C=O) groups excluding carboxylic acids is 5. The van der Waals surface area contributed by atoms with Crippen LogP contribution in [0.5, 0.6) is 46.0 Å². The summed E-state index contributed by atoms with van der Waals surface area (Å²) in [5, 5.41) is 29.8. The van der Waals surface area contributed by atoms with Crippen LogP contribution in [-0.4, -0.2) is 157 Å². The number of hydrogen-bond donors (Lipinski definition) is 8. The monoisotopic (exact) mass is 1550 g/mol. The molecule has 0 aromatic heterocycles. The summed E-state index contributed by atoms with van der Waals surface area (Å²) in [7, 11) is -19.5. The molecule has 108 heavy (non-hydrogen) atoms. The Labute approximate surface area is 613 Å². The number of nitrogens with zero attached hydrogens (tertiary/aromatic N) is 3. The molecule has 2 aliphatic rings. The van der Waals surface area contributed by atoms with Crippen molar-refractivity contribution in [1.29, 1.82) is 0 Å². The summed E-state index contributed by atoms with van der Waals surface area (Å²) in [5.74, 6) is -12.2. The molecule has 10 aromatic rings. The zero-order valence-electron chi connectivity index (χ0n) is 56.9. The number of carboxylic acid groups (broad SMARTS) is 3. The normalized spacial score (nSPS) is 13.7. The number of nitrogens with one attached hydrogen (secondary N) is 1. The van der Waals surface area contributed by atoms with Crippen LogP contribution in [-0.2, 0) is 59.7 Å². The van der Waals surface area contributed by atoms with Crippen molar-refractivity contribution in [2.45, 2.75) is 90.8 Å². The lowest BCUT2D eigenvalue weighted by molar-refractivity contribution is -0.149. The molecule has 0 spiro atoms. The van der Waals surface area contributed by atoms with E-state index < -0.39 is 140 Å². The largest absolute Gasteiger partial charge is 0.480 e. The molecular weight excluding hydrogens is 1490 g/mol. The first-order valence-electron chi connectivity index (χ1n) is 32.7. The Hall–Kier alpha value is -11.5. The van der Waals surface area contributed by atoms with E-state index >= 15 is 19.2 Å². The third-order valence-corrected chi connectivity index (χ3v) is 21.6. The van der Waals surface area contributed by atoms with Crippen molar-refractivity contribution in [3.8, 4) is 46.0 Å². The molecule has 2 heterocycles. The van der Waals surface area contributed by atoms with Crippen LogP contribution in [0.3, 0.4) is 0 Å². The molecule has 35 heteroatoms. The third kappa shape index (κ3) is 14.9. The second-order valence-corrected chi connectivity index (χ2v) is 31.5. The number of hydrogen-bond acceptors (Lipinski definition) is 21. The maximum atomic E-state index is 16.2. The number of imide groups is 2. The molecule has 10 aromatic carbocycles. The molecular formula is C73H62N4O27S4. The first kappa shape index (κ1) is 76.1. The molecule has 0 fully saturated rings. The van der Waals surface area contributed by atoms with Crippen LogP contribution in [0.4, 0.5) is 5.69 Å². The summed E-state index contributed by atoms with van der Waals surface area (Å²) in [4.78, 5) is 113.